The second-order valence-corrected chi connectivity index (χ2v) is 9.10. The molecule has 0 heterocycles. The fourth-order valence-corrected chi connectivity index (χ4v) is 4.66. The van der Waals surface area contributed by atoms with Gasteiger partial charge in [-0.05, 0) is 20.8 Å². The molecule has 0 rings (SSSR count). The third kappa shape index (κ3) is 11.2. The van der Waals surface area contributed by atoms with Crippen LogP contribution in [0.5, 0.6) is 0 Å². The minimum Gasteiger partial charge on any atom is -0.738 e. The molecule has 14 heavy (non-hydrogen) atoms. The summed E-state index contributed by atoms with van der Waals surface area (Å²) in [6.07, 6.45) is 0. The third-order valence-corrected chi connectivity index (χ3v) is 5.76. The predicted octanol–water partition coefficient (Wildman–Crippen LogP) is -2.76. The molecule has 0 saturated carbocycles. The Kier molecular flexibility index (Phi) is 6.88. The first-order chi connectivity index (χ1) is 5.41. The SMILES string of the molecule is CC(C)(C)OS(=O)(=O)SS(=O)(=O)[O-].[Na+]. The molecule has 0 aliphatic rings. The molecule has 0 N–H and O–H groups in total. The Balaban J connectivity index is 0. The first kappa shape index (κ1) is 17.6. The molecule has 0 aliphatic carbocycles. The molecule has 0 radical (unpaired) electrons. The zero-order valence-electron chi connectivity index (χ0n) is 8.17. The molecule has 0 spiro atoms. The van der Waals surface area contributed by atoms with Crippen molar-refractivity contribution in [1.29, 1.82) is 0 Å². The van der Waals surface area contributed by atoms with E-state index in [4.69, 9.17) is 0 Å². The minimum atomic E-state index is -4.90. The van der Waals surface area contributed by atoms with Crippen LogP contribution < -0.4 is 29.6 Å². The topological polar surface area (TPSA) is 101 Å². The van der Waals surface area contributed by atoms with Crippen molar-refractivity contribution < 1.29 is 55.1 Å². The minimum absolute atomic E-state index is 0. The van der Waals surface area contributed by atoms with Gasteiger partial charge in [-0.25, -0.2) is 8.42 Å². The number of rotatable bonds is 3. The Morgan fingerprint density at radius 1 is 1.14 bits per heavy atom. The molecule has 0 bridgehead atoms. The summed E-state index contributed by atoms with van der Waals surface area (Å²) in [5, 5.41) is 0. The summed E-state index contributed by atoms with van der Waals surface area (Å²) < 4.78 is 56.2. The van der Waals surface area contributed by atoms with Crippen LogP contribution in [0.4, 0.5) is 0 Å². The molecule has 0 aromatic rings. The Bertz CT molecular complexity index is 362. The van der Waals surface area contributed by atoms with E-state index in [-0.39, 0.29) is 29.6 Å². The van der Waals surface area contributed by atoms with E-state index in [0.29, 0.717) is 0 Å². The van der Waals surface area contributed by atoms with Crippen molar-refractivity contribution in [3.8, 4) is 0 Å². The molecule has 80 valence electrons. The largest absolute Gasteiger partial charge is 1.00 e. The molecule has 0 atom stereocenters. The van der Waals surface area contributed by atoms with Crippen molar-refractivity contribution in [3.63, 3.8) is 0 Å². The van der Waals surface area contributed by atoms with Gasteiger partial charge in [0.2, 0.25) is 0 Å². The van der Waals surface area contributed by atoms with E-state index in [1.54, 1.807) is 0 Å². The summed E-state index contributed by atoms with van der Waals surface area (Å²) in [6, 6.07) is 0. The van der Waals surface area contributed by atoms with E-state index in [0.717, 1.165) is 0 Å². The van der Waals surface area contributed by atoms with Crippen LogP contribution >= 0.6 is 9.83 Å². The predicted molar refractivity (Wildman–Crippen MR) is 47.0 cm³/mol. The second kappa shape index (κ2) is 5.48. The van der Waals surface area contributed by atoms with E-state index >= 15 is 0 Å². The van der Waals surface area contributed by atoms with Gasteiger partial charge in [-0.15, -0.1) is 0 Å². The van der Waals surface area contributed by atoms with Crippen LogP contribution in [0.1, 0.15) is 20.8 Å². The first-order valence-electron chi connectivity index (χ1n) is 3.04. The summed E-state index contributed by atoms with van der Waals surface area (Å²) in [7, 11) is -10.0. The van der Waals surface area contributed by atoms with Gasteiger partial charge in [0.25, 0.3) is 0 Å². The zero-order valence-corrected chi connectivity index (χ0v) is 12.6. The summed E-state index contributed by atoms with van der Waals surface area (Å²) in [6.45, 7) is 4.26. The van der Waals surface area contributed by atoms with Crippen LogP contribution in [0.2, 0.25) is 0 Å². The second-order valence-electron chi connectivity index (χ2n) is 3.08. The van der Waals surface area contributed by atoms with Crippen molar-refractivity contribution >= 4 is 28.1 Å². The molecular weight excluding hydrogens is 263 g/mol. The smallest absolute Gasteiger partial charge is 0.738 e. The molecule has 10 heteroatoms. The van der Waals surface area contributed by atoms with Crippen molar-refractivity contribution in [3.05, 3.63) is 0 Å². The molecule has 0 aromatic carbocycles. The summed E-state index contributed by atoms with van der Waals surface area (Å²) in [5.41, 5.74) is -1.06. The average Bonchev–Trinajstić information content (AvgIpc) is 1.43. The Morgan fingerprint density at radius 3 is 1.71 bits per heavy atom. The average molecular weight is 272 g/mol. The number of hydrogen-bond donors (Lipinski definition) is 0. The first-order valence-corrected chi connectivity index (χ1v) is 7.70. The van der Waals surface area contributed by atoms with E-state index in [1.807, 2.05) is 0 Å². The van der Waals surface area contributed by atoms with Crippen LogP contribution in [-0.2, 0) is 22.5 Å². The summed E-state index contributed by atoms with van der Waals surface area (Å²) >= 11 is 0. The van der Waals surface area contributed by atoms with Gasteiger partial charge in [0.05, 0.1) is 5.60 Å². The van der Waals surface area contributed by atoms with Crippen molar-refractivity contribution in [1.82, 2.24) is 0 Å². The quantitative estimate of drug-likeness (QED) is 0.312. The molecule has 0 aliphatic heterocycles. The normalized spacial score (nSPS) is 13.4. The Hall–Kier alpha value is 1.17. The fraction of sp³-hybridized carbons (Fsp3) is 1.00. The monoisotopic (exact) mass is 272 g/mol. The van der Waals surface area contributed by atoms with E-state index in [9.17, 15) is 21.4 Å². The van der Waals surface area contributed by atoms with Crippen LogP contribution in [0.15, 0.2) is 0 Å². The molecule has 0 saturated heterocycles. The summed E-state index contributed by atoms with van der Waals surface area (Å²) in [4.78, 5) is 0. The Morgan fingerprint density at radius 2 is 1.50 bits per heavy atom. The van der Waals surface area contributed by atoms with Crippen LogP contribution in [-0.4, -0.2) is 27.0 Å². The molecule has 0 aromatic heterocycles. The Labute approximate surface area is 109 Å². The van der Waals surface area contributed by atoms with Gasteiger partial charge < -0.3 is 4.55 Å². The molecule has 6 nitrogen and oxygen atoms in total. The standard InChI is InChI=1S/C4H10O6S3.Na/c1-4(2,3)10-13(8,9)11-12(5,6)7;/h1-3H3,(H,5,6,7);/q;+1/p-1. The van der Waals surface area contributed by atoms with Crippen LogP contribution in [0.3, 0.4) is 0 Å². The van der Waals surface area contributed by atoms with Gasteiger partial charge in [0.1, 0.15) is 9.83 Å². The summed E-state index contributed by atoms with van der Waals surface area (Å²) in [5.74, 6) is 0. The third-order valence-electron chi connectivity index (χ3n) is 0.519. The molecular formula is C4H9NaO6S3. The van der Waals surface area contributed by atoms with Gasteiger partial charge in [-0.2, -0.15) is 8.42 Å². The molecule has 0 fully saturated rings. The van der Waals surface area contributed by atoms with Crippen LogP contribution in [0, 0.1) is 0 Å². The van der Waals surface area contributed by atoms with Crippen molar-refractivity contribution in [2.45, 2.75) is 26.4 Å². The maximum absolute atomic E-state index is 10.8. The maximum Gasteiger partial charge on any atom is 1.00 e. The van der Waals surface area contributed by atoms with Gasteiger partial charge in [0, 0.05) is 0 Å². The van der Waals surface area contributed by atoms with E-state index in [1.165, 1.54) is 20.8 Å². The van der Waals surface area contributed by atoms with Gasteiger partial charge in [0.15, 0.2) is 9.15 Å². The van der Waals surface area contributed by atoms with Gasteiger partial charge >= 0.3 is 38.7 Å². The fourth-order valence-electron chi connectivity index (χ4n) is 0.422. The van der Waals surface area contributed by atoms with Gasteiger partial charge in [-0.3, -0.25) is 4.18 Å². The van der Waals surface area contributed by atoms with Gasteiger partial charge in [-0.1, -0.05) is 0 Å². The van der Waals surface area contributed by atoms with E-state index < -0.39 is 33.7 Å². The maximum atomic E-state index is 10.8. The zero-order chi connectivity index (χ0) is 10.9. The van der Waals surface area contributed by atoms with E-state index in [2.05, 4.69) is 4.18 Å². The van der Waals surface area contributed by atoms with Crippen molar-refractivity contribution in [2.24, 2.45) is 0 Å². The van der Waals surface area contributed by atoms with Crippen LogP contribution in [0.25, 0.3) is 0 Å². The molecule has 0 amide bonds. The van der Waals surface area contributed by atoms with Crippen molar-refractivity contribution in [2.75, 3.05) is 0 Å². The molecule has 0 unspecified atom stereocenters. The number of hydrogen-bond acceptors (Lipinski definition) is 7.